The van der Waals surface area contributed by atoms with E-state index in [4.69, 9.17) is 4.74 Å². The van der Waals surface area contributed by atoms with Gasteiger partial charge in [0.1, 0.15) is 13.2 Å². The van der Waals surface area contributed by atoms with Gasteiger partial charge in [-0.3, -0.25) is 9.59 Å². The second kappa shape index (κ2) is 10.9. The van der Waals surface area contributed by atoms with Gasteiger partial charge in [0.2, 0.25) is 5.91 Å². The minimum absolute atomic E-state index is 0.0333. The van der Waals surface area contributed by atoms with Crippen LogP contribution in [0.15, 0.2) is 48.5 Å². The molecule has 1 fully saturated rings. The summed E-state index contributed by atoms with van der Waals surface area (Å²) in [6.07, 6.45) is 2.54. The second-order valence-electron chi connectivity index (χ2n) is 9.97. The molecule has 2 aliphatic carbocycles. The molecule has 0 radical (unpaired) electrons. The Morgan fingerprint density at radius 2 is 1.60 bits per heavy atom. The third-order valence-corrected chi connectivity index (χ3v) is 6.95. The maximum atomic E-state index is 13.3. The summed E-state index contributed by atoms with van der Waals surface area (Å²) in [7, 11) is 0. The summed E-state index contributed by atoms with van der Waals surface area (Å²) in [5.74, 6) is -1.56. The predicted octanol–water partition coefficient (Wildman–Crippen LogP) is 4.65. The van der Waals surface area contributed by atoms with Crippen LogP contribution in [0, 0.1) is 11.8 Å². The summed E-state index contributed by atoms with van der Waals surface area (Å²) in [5, 5.41) is 12.2. The minimum Gasteiger partial charge on any atom is -0.480 e. The van der Waals surface area contributed by atoms with E-state index in [1.54, 1.807) is 0 Å². The molecule has 0 aromatic heterocycles. The number of carboxylic acids is 1. The fraction of sp³-hybridized carbons (Fsp3) is 0.464. The van der Waals surface area contributed by atoms with Crippen LogP contribution in [0.5, 0.6) is 0 Å². The van der Waals surface area contributed by atoms with E-state index in [-0.39, 0.29) is 36.9 Å². The topological polar surface area (TPSA) is 95.9 Å². The van der Waals surface area contributed by atoms with Crippen molar-refractivity contribution in [3.05, 3.63) is 59.7 Å². The van der Waals surface area contributed by atoms with Gasteiger partial charge in [-0.1, -0.05) is 75.2 Å². The summed E-state index contributed by atoms with van der Waals surface area (Å²) in [4.78, 5) is 38.9. The number of amides is 2. The van der Waals surface area contributed by atoms with Crippen LogP contribution in [0.25, 0.3) is 11.1 Å². The second-order valence-corrected chi connectivity index (χ2v) is 9.97. The van der Waals surface area contributed by atoms with Gasteiger partial charge < -0.3 is 20.1 Å². The summed E-state index contributed by atoms with van der Waals surface area (Å²) >= 11 is 0. The van der Waals surface area contributed by atoms with Gasteiger partial charge >= 0.3 is 12.1 Å². The lowest BCUT2D eigenvalue weighted by Crippen LogP contribution is -2.51. The van der Waals surface area contributed by atoms with Crippen LogP contribution in [-0.2, 0) is 14.3 Å². The van der Waals surface area contributed by atoms with Crippen molar-refractivity contribution in [1.82, 2.24) is 10.2 Å². The average Bonchev–Trinajstić information content (AvgIpc) is 3.15. The van der Waals surface area contributed by atoms with Crippen molar-refractivity contribution in [2.24, 2.45) is 11.8 Å². The van der Waals surface area contributed by atoms with Gasteiger partial charge in [-0.2, -0.15) is 0 Å². The van der Waals surface area contributed by atoms with Crippen molar-refractivity contribution < 1.29 is 24.2 Å². The molecule has 2 aromatic carbocycles. The number of nitrogens with one attached hydrogen (secondary N) is 1. The number of nitrogens with zero attached hydrogens (tertiary/aromatic N) is 1. The summed E-state index contributed by atoms with van der Waals surface area (Å²) in [6, 6.07) is 16.0. The first-order valence-corrected chi connectivity index (χ1v) is 12.5. The Balaban J connectivity index is 1.41. The Morgan fingerprint density at radius 1 is 1.00 bits per heavy atom. The van der Waals surface area contributed by atoms with Crippen LogP contribution in [0.3, 0.4) is 0 Å². The summed E-state index contributed by atoms with van der Waals surface area (Å²) in [5.41, 5.74) is 4.62. The van der Waals surface area contributed by atoms with E-state index in [0.717, 1.165) is 24.0 Å². The smallest absolute Gasteiger partial charge is 0.407 e. The number of hydrogen-bond donors (Lipinski definition) is 2. The molecule has 2 aliphatic rings. The van der Waals surface area contributed by atoms with E-state index in [1.165, 1.54) is 16.0 Å². The molecule has 0 spiro atoms. The van der Waals surface area contributed by atoms with Crippen molar-refractivity contribution in [1.29, 1.82) is 0 Å². The highest BCUT2D eigenvalue weighted by Gasteiger charge is 2.36. The lowest BCUT2D eigenvalue weighted by atomic mass is 9.83. The molecule has 0 bridgehead atoms. The predicted molar refractivity (Wildman–Crippen MR) is 133 cm³/mol. The van der Waals surface area contributed by atoms with Crippen LogP contribution in [0.1, 0.15) is 56.6 Å². The molecule has 35 heavy (non-hydrogen) atoms. The van der Waals surface area contributed by atoms with Gasteiger partial charge in [0.05, 0.1) is 5.92 Å². The molecule has 7 heteroatoms. The zero-order chi connectivity index (χ0) is 24.9. The van der Waals surface area contributed by atoms with Gasteiger partial charge in [-0.05, 0) is 41.0 Å². The highest BCUT2D eigenvalue weighted by atomic mass is 16.5. The highest BCUT2D eigenvalue weighted by Crippen LogP contribution is 2.44. The monoisotopic (exact) mass is 478 g/mol. The number of fused-ring (bicyclic) bond motifs is 3. The minimum atomic E-state index is -1.03. The number of carboxylic acid groups (broad SMARTS) is 1. The molecule has 2 aromatic rings. The van der Waals surface area contributed by atoms with Crippen LogP contribution in [0.4, 0.5) is 4.79 Å². The average molecular weight is 479 g/mol. The van der Waals surface area contributed by atoms with E-state index in [9.17, 15) is 19.5 Å². The maximum Gasteiger partial charge on any atom is 0.407 e. The zero-order valence-electron chi connectivity index (χ0n) is 20.4. The van der Waals surface area contributed by atoms with E-state index in [0.29, 0.717) is 19.4 Å². The zero-order valence-corrected chi connectivity index (χ0v) is 20.4. The molecule has 1 saturated carbocycles. The number of carbonyl (C=O) groups excluding carboxylic acids is 2. The number of alkyl carbamates (subject to hydrolysis) is 1. The van der Waals surface area contributed by atoms with Crippen molar-refractivity contribution in [3.8, 4) is 11.1 Å². The molecule has 7 nitrogen and oxygen atoms in total. The quantitative estimate of drug-likeness (QED) is 0.576. The number of hydrogen-bond acceptors (Lipinski definition) is 4. The molecule has 0 heterocycles. The molecular formula is C28H34N2O5. The van der Waals surface area contributed by atoms with Gasteiger partial charge in [-0.25, -0.2) is 4.79 Å². The van der Waals surface area contributed by atoms with Crippen molar-refractivity contribution in [2.45, 2.75) is 51.5 Å². The first-order chi connectivity index (χ1) is 16.8. The fourth-order valence-corrected chi connectivity index (χ4v) is 5.46. The number of carbonyl (C=O) groups is 3. The largest absolute Gasteiger partial charge is 0.480 e. The molecular weight excluding hydrogens is 444 g/mol. The lowest BCUT2D eigenvalue weighted by Gasteiger charge is -2.35. The Labute approximate surface area is 206 Å². The number of ether oxygens (including phenoxy) is 1. The van der Waals surface area contributed by atoms with Crippen LogP contribution >= 0.6 is 0 Å². The molecule has 0 unspecified atom stereocenters. The molecule has 0 saturated heterocycles. The highest BCUT2D eigenvalue weighted by molar-refractivity contribution is 5.84. The SMILES string of the molecule is CC(C)CN(CC(=O)O)C(=O)[C@H]1CCCC[C@H]1NC(=O)OCC1c2ccccc2-c2ccccc21. The number of benzene rings is 2. The van der Waals surface area contributed by atoms with Gasteiger partial charge in [-0.15, -0.1) is 0 Å². The standard InChI is InChI=1S/C28H34N2O5/c1-18(2)15-30(16-26(31)32)27(33)23-13-7-8-14-25(23)29-28(34)35-17-24-21-11-5-3-9-19(21)20-10-4-6-12-22(20)24/h3-6,9-12,18,23-25H,7-8,13-17H2,1-2H3,(H,29,34)(H,31,32)/t23-,25+/m0/s1. The molecule has 2 atom stereocenters. The van der Waals surface area contributed by atoms with Crippen molar-refractivity contribution in [3.63, 3.8) is 0 Å². The summed E-state index contributed by atoms with van der Waals surface area (Å²) in [6.45, 7) is 4.17. The van der Waals surface area contributed by atoms with Gasteiger partial charge in [0.25, 0.3) is 0 Å². The van der Waals surface area contributed by atoms with Crippen molar-refractivity contribution >= 4 is 18.0 Å². The Hall–Kier alpha value is -3.35. The van der Waals surface area contributed by atoms with Gasteiger partial charge in [0, 0.05) is 18.5 Å². The van der Waals surface area contributed by atoms with E-state index in [1.807, 2.05) is 38.1 Å². The van der Waals surface area contributed by atoms with Crippen molar-refractivity contribution in [2.75, 3.05) is 19.7 Å². The normalized spacial score (nSPS) is 19.1. The third kappa shape index (κ3) is 5.66. The Kier molecular flexibility index (Phi) is 7.73. The Bertz CT molecular complexity index is 1040. The molecule has 4 rings (SSSR count). The van der Waals surface area contributed by atoms with E-state index >= 15 is 0 Å². The number of aliphatic carboxylic acids is 1. The lowest BCUT2D eigenvalue weighted by molar-refractivity contribution is -0.147. The molecule has 186 valence electrons. The van der Waals surface area contributed by atoms with E-state index in [2.05, 4.69) is 29.6 Å². The van der Waals surface area contributed by atoms with Gasteiger partial charge in [0.15, 0.2) is 0 Å². The molecule has 2 amide bonds. The van der Waals surface area contributed by atoms with Crippen LogP contribution in [0.2, 0.25) is 0 Å². The fourth-order valence-electron chi connectivity index (χ4n) is 5.46. The number of rotatable bonds is 8. The third-order valence-electron chi connectivity index (χ3n) is 6.95. The first-order valence-electron chi connectivity index (χ1n) is 12.5. The van der Waals surface area contributed by atoms with Crippen LogP contribution in [-0.4, -0.2) is 53.7 Å². The van der Waals surface area contributed by atoms with E-state index < -0.39 is 18.0 Å². The first kappa shape index (κ1) is 24.8. The summed E-state index contributed by atoms with van der Waals surface area (Å²) < 4.78 is 5.69. The van der Waals surface area contributed by atoms with Crippen LogP contribution < -0.4 is 5.32 Å². The maximum absolute atomic E-state index is 13.3. The molecule has 2 N–H and O–H groups in total. The Morgan fingerprint density at radius 3 is 2.20 bits per heavy atom. The molecule has 0 aliphatic heterocycles.